The van der Waals surface area contributed by atoms with Crippen molar-refractivity contribution in [3.63, 3.8) is 0 Å². The van der Waals surface area contributed by atoms with Crippen molar-refractivity contribution < 1.29 is 43.1 Å². The van der Waals surface area contributed by atoms with E-state index in [1.54, 1.807) is 56.7 Å². The zero-order valence-electron chi connectivity index (χ0n) is 24.2. The van der Waals surface area contributed by atoms with Gasteiger partial charge in [-0.15, -0.1) is 0 Å². The largest absolute Gasteiger partial charge is 0.497 e. The molecule has 1 unspecified atom stereocenters. The highest BCUT2D eigenvalue weighted by molar-refractivity contribution is 6.21. The third-order valence-corrected chi connectivity index (χ3v) is 6.20. The molecule has 220 valence electrons. The van der Waals surface area contributed by atoms with Gasteiger partial charge in [0, 0.05) is 24.7 Å². The van der Waals surface area contributed by atoms with Crippen LogP contribution < -0.4 is 33.7 Å². The second kappa shape index (κ2) is 15.4. The fraction of sp³-hybridized carbons (Fsp3) is 0.323. The number of carbonyl (C=O) groups is 1. The molecule has 0 aliphatic carbocycles. The van der Waals surface area contributed by atoms with E-state index in [0.717, 1.165) is 5.56 Å². The summed E-state index contributed by atoms with van der Waals surface area (Å²) in [7, 11) is 9.09. The molecule has 10 nitrogen and oxygen atoms in total. The third kappa shape index (κ3) is 8.29. The number of esters is 1. The van der Waals surface area contributed by atoms with E-state index < -0.39 is 12.1 Å². The molecule has 0 fully saturated rings. The summed E-state index contributed by atoms with van der Waals surface area (Å²) >= 11 is 0. The van der Waals surface area contributed by atoms with Crippen LogP contribution in [0, 0.1) is 0 Å². The summed E-state index contributed by atoms with van der Waals surface area (Å²) in [6.45, 7) is 0.905. The highest BCUT2D eigenvalue weighted by Crippen LogP contribution is 2.39. The molecule has 0 saturated heterocycles. The molecular formula is C31H37NO9. The van der Waals surface area contributed by atoms with Crippen LogP contribution in [0.1, 0.15) is 16.7 Å². The van der Waals surface area contributed by atoms with Crippen molar-refractivity contribution in [2.45, 2.75) is 12.6 Å². The smallest absolute Gasteiger partial charge is 0.338 e. The first-order valence-corrected chi connectivity index (χ1v) is 12.8. The van der Waals surface area contributed by atoms with E-state index in [4.69, 9.17) is 33.2 Å². The molecule has 0 radical (unpaired) electrons. The summed E-state index contributed by atoms with van der Waals surface area (Å²) in [5.74, 6) is 2.81. The third-order valence-electron chi connectivity index (χ3n) is 6.20. The van der Waals surface area contributed by atoms with Gasteiger partial charge in [0.2, 0.25) is 5.75 Å². The summed E-state index contributed by atoms with van der Waals surface area (Å²) in [6.07, 6.45) is 0.934. The number of aliphatic hydroxyl groups is 1. The lowest BCUT2D eigenvalue weighted by atomic mass is 10.0. The van der Waals surface area contributed by atoms with Crippen LogP contribution in [0.25, 0.3) is 11.6 Å². The molecule has 41 heavy (non-hydrogen) atoms. The normalized spacial score (nSPS) is 11.8. The molecule has 0 aromatic heterocycles. The highest BCUT2D eigenvalue weighted by atomic mass is 16.5. The number of carbonyl (C=O) groups excluding carboxylic acids is 1. The number of rotatable bonds is 15. The van der Waals surface area contributed by atoms with Gasteiger partial charge < -0.3 is 43.6 Å². The van der Waals surface area contributed by atoms with Crippen LogP contribution >= 0.6 is 0 Å². The fourth-order valence-electron chi connectivity index (χ4n) is 4.07. The molecule has 0 heterocycles. The van der Waals surface area contributed by atoms with Crippen LogP contribution in [-0.4, -0.2) is 73.0 Å². The number of aliphatic hydroxyl groups excluding tert-OH is 1. The van der Waals surface area contributed by atoms with E-state index in [0.29, 0.717) is 64.3 Å². The summed E-state index contributed by atoms with van der Waals surface area (Å²) in [5.41, 5.74) is 2.54. The van der Waals surface area contributed by atoms with E-state index in [1.165, 1.54) is 28.4 Å². The molecule has 0 bridgehead atoms. The predicted octanol–water partition coefficient (Wildman–Crippen LogP) is 3.97. The number of methoxy groups -OCH3 is 6. The first-order chi connectivity index (χ1) is 19.9. The Labute approximate surface area is 240 Å². The summed E-state index contributed by atoms with van der Waals surface area (Å²) in [6, 6.07) is 16.0. The minimum atomic E-state index is -0.746. The molecule has 3 aromatic carbocycles. The zero-order chi connectivity index (χ0) is 29.8. The number of benzene rings is 3. The average Bonchev–Trinajstić information content (AvgIpc) is 3.01. The number of ether oxygens (including phenoxy) is 7. The Hall–Kier alpha value is -4.41. The quantitative estimate of drug-likeness (QED) is 0.159. The molecule has 0 spiro atoms. The highest BCUT2D eigenvalue weighted by Gasteiger charge is 2.17. The van der Waals surface area contributed by atoms with Crippen LogP contribution in [0.5, 0.6) is 34.5 Å². The number of hydrogen-bond acceptors (Lipinski definition) is 10. The van der Waals surface area contributed by atoms with E-state index in [1.807, 2.05) is 18.2 Å². The Balaban J connectivity index is 1.64. The van der Waals surface area contributed by atoms with Crippen molar-refractivity contribution in [2.24, 2.45) is 0 Å². The van der Waals surface area contributed by atoms with Gasteiger partial charge in [-0.05, 0) is 47.5 Å². The molecule has 2 N–H and O–H groups in total. The zero-order valence-corrected chi connectivity index (χ0v) is 24.2. The van der Waals surface area contributed by atoms with Gasteiger partial charge in [-0.1, -0.05) is 18.2 Å². The topological polar surface area (TPSA) is 114 Å². The van der Waals surface area contributed by atoms with Crippen molar-refractivity contribution in [1.82, 2.24) is 5.32 Å². The SMILES string of the molecule is COC(=O)C(=Cc1cc(OC)c(OC)c(OC)c1)c1ccc(OCC(O)CNCc2ccc(OC)cc2OC)cc1. The van der Waals surface area contributed by atoms with Crippen LogP contribution in [0.2, 0.25) is 0 Å². The van der Waals surface area contributed by atoms with Crippen molar-refractivity contribution >= 4 is 17.6 Å². The van der Waals surface area contributed by atoms with Crippen molar-refractivity contribution in [3.05, 3.63) is 71.3 Å². The van der Waals surface area contributed by atoms with Crippen molar-refractivity contribution in [2.75, 3.05) is 55.8 Å². The van der Waals surface area contributed by atoms with Gasteiger partial charge in [0.25, 0.3) is 0 Å². The summed E-state index contributed by atoms with van der Waals surface area (Å²) in [5, 5.41) is 13.6. The second-order valence-corrected chi connectivity index (χ2v) is 8.81. The van der Waals surface area contributed by atoms with Gasteiger partial charge in [0.1, 0.15) is 30.0 Å². The number of nitrogens with one attached hydrogen (secondary N) is 1. The molecule has 1 atom stereocenters. The van der Waals surface area contributed by atoms with E-state index in [2.05, 4.69) is 5.32 Å². The molecular weight excluding hydrogens is 530 g/mol. The van der Waals surface area contributed by atoms with E-state index >= 15 is 0 Å². The van der Waals surface area contributed by atoms with Gasteiger partial charge in [-0.25, -0.2) is 4.79 Å². The fourth-order valence-corrected chi connectivity index (χ4v) is 4.07. The lowest BCUT2D eigenvalue weighted by Gasteiger charge is -2.15. The standard InChI is InChI=1S/C31H37NO9/c1-35-25-12-9-22(27(16-25)36-2)17-32-18-23(33)19-41-24-10-7-21(8-11-24)26(31(34)40-6)13-20-14-28(37-3)30(39-5)29(15-20)38-4/h7-16,23,32-33H,17-19H2,1-6H3. The Kier molecular flexibility index (Phi) is 11.7. The Bertz CT molecular complexity index is 1300. The maximum Gasteiger partial charge on any atom is 0.338 e. The molecule has 10 heteroatoms. The first-order valence-electron chi connectivity index (χ1n) is 12.8. The predicted molar refractivity (Wildman–Crippen MR) is 155 cm³/mol. The Morgan fingerprint density at radius 2 is 1.44 bits per heavy atom. The molecule has 0 amide bonds. The van der Waals surface area contributed by atoms with Gasteiger partial charge in [-0.2, -0.15) is 0 Å². The van der Waals surface area contributed by atoms with E-state index in [9.17, 15) is 9.90 Å². The molecule has 0 saturated carbocycles. The van der Waals surface area contributed by atoms with Gasteiger partial charge in [-0.3, -0.25) is 0 Å². The minimum absolute atomic E-state index is 0.0806. The second-order valence-electron chi connectivity index (χ2n) is 8.81. The Morgan fingerprint density at radius 3 is 2.00 bits per heavy atom. The van der Waals surface area contributed by atoms with E-state index in [-0.39, 0.29) is 6.61 Å². The van der Waals surface area contributed by atoms with Gasteiger partial charge in [0.15, 0.2) is 11.5 Å². The van der Waals surface area contributed by atoms with Gasteiger partial charge >= 0.3 is 5.97 Å². The van der Waals surface area contributed by atoms with Gasteiger partial charge in [0.05, 0.1) is 48.2 Å². The number of hydrogen-bond donors (Lipinski definition) is 2. The lowest BCUT2D eigenvalue weighted by molar-refractivity contribution is -0.133. The molecule has 0 aliphatic heterocycles. The first kappa shape index (κ1) is 31.1. The van der Waals surface area contributed by atoms with Crippen LogP contribution in [0.4, 0.5) is 0 Å². The van der Waals surface area contributed by atoms with Crippen LogP contribution in [0.3, 0.4) is 0 Å². The minimum Gasteiger partial charge on any atom is -0.497 e. The Morgan fingerprint density at radius 1 is 0.805 bits per heavy atom. The molecule has 0 aliphatic rings. The maximum absolute atomic E-state index is 12.7. The summed E-state index contributed by atoms with van der Waals surface area (Å²) in [4.78, 5) is 12.7. The van der Waals surface area contributed by atoms with Crippen LogP contribution in [-0.2, 0) is 16.1 Å². The average molecular weight is 568 g/mol. The van der Waals surface area contributed by atoms with Crippen molar-refractivity contribution in [1.29, 1.82) is 0 Å². The lowest BCUT2D eigenvalue weighted by Crippen LogP contribution is -2.31. The molecule has 3 aromatic rings. The monoisotopic (exact) mass is 567 g/mol. The van der Waals surface area contributed by atoms with Crippen LogP contribution in [0.15, 0.2) is 54.6 Å². The van der Waals surface area contributed by atoms with Crippen molar-refractivity contribution in [3.8, 4) is 34.5 Å². The summed E-state index contributed by atoms with van der Waals surface area (Å²) < 4.78 is 37.6. The maximum atomic E-state index is 12.7. The molecule has 3 rings (SSSR count).